The second-order valence-electron chi connectivity index (χ2n) is 3.26. The van der Waals surface area contributed by atoms with Crippen LogP contribution in [0, 0.1) is 5.82 Å². The normalized spacial score (nSPS) is 14.9. The van der Waals surface area contributed by atoms with Gasteiger partial charge in [0.25, 0.3) is 0 Å². The van der Waals surface area contributed by atoms with Gasteiger partial charge in [0.15, 0.2) is 0 Å². The van der Waals surface area contributed by atoms with E-state index in [2.05, 4.69) is 0 Å². The van der Waals surface area contributed by atoms with E-state index in [-0.39, 0.29) is 11.1 Å². The van der Waals surface area contributed by atoms with Crippen LogP contribution in [-0.4, -0.2) is 16.0 Å². The van der Waals surface area contributed by atoms with Crippen molar-refractivity contribution in [2.75, 3.05) is 5.75 Å². The fourth-order valence-corrected chi connectivity index (χ4v) is 2.56. The van der Waals surface area contributed by atoms with E-state index in [0.29, 0.717) is 10.6 Å². The van der Waals surface area contributed by atoms with Gasteiger partial charge in [0.2, 0.25) is 0 Å². The van der Waals surface area contributed by atoms with Gasteiger partial charge in [0, 0.05) is 16.7 Å². The van der Waals surface area contributed by atoms with Crippen LogP contribution in [0.2, 0.25) is 5.02 Å². The Morgan fingerprint density at radius 3 is 2.80 bits per heavy atom. The van der Waals surface area contributed by atoms with Crippen LogP contribution in [0.4, 0.5) is 4.39 Å². The largest absolute Gasteiger partial charge is 0.327 e. The van der Waals surface area contributed by atoms with Crippen LogP contribution in [0.5, 0.6) is 0 Å². The fraction of sp³-hybridized carbons (Fsp3) is 0.400. The van der Waals surface area contributed by atoms with Crippen LogP contribution < -0.4 is 5.73 Å². The first-order valence-electron chi connectivity index (χ1n) is 4.63. The summed E-state index contributed by atoms with van der Waals surface area (Å²) in [6, 6.07) is 3.97. The highest BCUT2D eigenvalue weighted by Crippen LogP contribution is 2.18. The SMILES string of the molecule is CCC(N)CS(=O)c1ccc(F)c(Cl)c1. The second-order valence-corrected chi connectivity index (χ2v) is 5.16. The first kappa shape index (κ1) is 12.6. The second kappa shape index (κ2) is 5.58. The lowest BCUT2D eigenvalue weighted by atomic mass is 10.3. The maximum absolute atomic E-state index is 12.8. The first-order chi connectivity index (χ1) is 7.04. The predicted octanol–water partition coefficient (Wildman–Crippen LogP) is 2.32. The van der Waals surface area contributed by atoms with Crippen molar-refractivity contribution in [2.24, 2.45) is 5.73 Å². The average molecular weight is 250 g/mol. The topological polar surface area (TPSA) is 43.1 Å². The molecule has 0 aliphatic heterocycles. The van der Waals surface area contributed by atoms with Gasteiger partial charge >= 0.3 is 0 Å². The molecule has 2 atom stereocenters. The van der Waals surface area contributed by atoms with Gasteiger partial charge < -0.3 is 5.73 Å². The summed E-state index contributed by atoms with van der Waals surface area (Å²) in [6.07, 6.45) is 0.765. The molecule has 84 valence electrons. The number of halogens is 2. The fourth-order valence-electron chi connectivity index (χ4n) is 1.03. The smallest absolute Gasteiger partial charge is 0.141 e. The van der Waals surface area contributed by atoms with Gasteiger partial charge in [-0.3, -0.25) is 4.21 Å². The van der Waals surface area contributed by atoms with Gasteiger partial charge in [-0.2, -0.15) is 0 Å². The minimum absolute atomic E-state index is 0.00841. The molecule has 1 rings (SSSR count). The molecule has 0 saturated carbocycles. The molecule has 0 aliphatic carbocycles. The zero-order valence-electron chi connectivity index (χ0n) is 8.37. The number of nitrogens with two attached hydrogens (primary N) is 1. The van der Waals surface area contributed by atoms with Crippen molar-refractivity contribution in [1.82, 2.24) is 0 Å². The molecule has 2 N–H and O–H groups in total. The lowest BCUT2D eigenvalue weighted by Gasteiger charge is -2.08. The van der Waals surface area contributed by atoms with Gasteiger partial charge in [0.05, 0.1) is 15.8 Å². The van der Waals surface area contributed by atoms with E-state index in [9.17, 15) is 8.60 Å². The van der Waals surface area contributed by atoms with Crippen molar-refractivity contribution in [2.45, 2.75) is 24.3 Å². The predicted molar refractivity (Wildman–Crippen MR) is 61.0 cm³/mol. The summed E-state index contributed by atoms with van der Waals surface area (Å²) in [5.41, 5.74) is 5.68. The average Bonchev–Trinajstić information content (AvgIpc) is 2.21. The molecule has 0 amide bonds. The third-order valence-corrected chi connectivity index (χ3v) is 3.84. The van der Waals surface area contributed by atoms with Crippen molar-refractivity contribution in [3.05, 3.63) is 29.0 Å². The molecule has 2 unspecified atom stereocenters. The molecular weight excluding hydrogens is 237 g/mol. The monoisotopic (exact) mass is 249 g/mol. The highest BCUT2D eigenvalue weighted by Gasteiger charge is 2.10. The summed E-state index contributed by atoms with van der Waals surface area (Å²) in [4.78, 5) is 0.519. The molecule has 2 nitrogen and oxygen atoms in total. The van der Waals surface area contributed by atoms with Crippen molar-refractivity contribution in [1.29, 1.82) is 0 Å². The summed E-state index contributed by atoms with van der Waals surface area (Å²) in [5.74, 6) is -0.129. The summed E-state index contributed by atoms with van der Waals surface area (Å²) in [6.45, 7) is 1.93. The van der Waals surface area contributed by atoms with Crippen LogP contribution in [0.25, 0.3) is 0 Å². The van der Waals surface area contributed by atoms with Crippen LogP contribution in [0.1, 0.15) is 13.3 Å². The van der Waals surface area contributed by atoms with Gasteiger partial charge in [-0.1, -0.05) is 18.5 Å². The molecule has 5 heteroatoms. The summed E-state index contributed by atoms with van der Waals surface area (Å²) in [7, 11) is -1.21. The van der Waals surface area contributed by atoms with E-state index >= 15 is 0 Å². The van der Waals surface area contributed by atoms with Gasteiger partial charge in [-0.05, 0) is 24.6 Å². The number of hydrogen-bond donors (Lipinski definition) is 1. The van der Waals surface area contributed by atoms with Crippen molar-refractivity contribution >= 4 is 22.4 Å². The van der Waals surface area contributed by atoms with Gasteiger partial charge in [-0.15, -0.1) is 0 Å². The third kappa shape index (κ3) is 3.55. The van der Waals surface area contributed by atoms with Crippen LogP contribution >= 0.6 is 11.6 Å². The zero-order chi connectivity index (χ0) is 11.4. The molecule has 0 bridgehead atoms. The first-order valence-corrected chi connectivity index (χ1v) is 6.33. The Morgan fingerprint density at radius 1 is 1.60 bits per heavy atom. The standard InChI is InChI=1S/C10H13ClFNOS/c1-2-7(13)6-15(14)8-3-4-10(12)9(11)5-8/h3-5,7H,2,6,13H2,1H3. The maximum atomic E-state index is 12.8. The van der Waals surface area contributed by atoms with Crippen molar-refractivity contribution in [3.63, 3.8) is 0 Å². The molecule has 0 saturated heterocycles. The molecule has 0 fully saturated rings. The summed E-state index contributed by atoms with van der Waals surface area (Å²) >= 11 is 5.59. The maximum Gasteiger partial charge on any atom is 0.141 e. The third-order valence-electron chi connectivity index (χ3n) is 2.04. The summed E-state index contributed by atoms with van der Waals surface area (Å²) in [5, 5.41) is -0.00841. The molecule has 0 heterocycles. The Balaban J connectivity index is 2.78. The van der Waals surface area contributed by atoms with Crippen LogP contribution in [-0.2, 0) is 10.8 Å². The van der Waals surface area contributed by atoms with E-state index < -0.39 is 16.6 Å². The van der Waals surface area contributed by atoms with E-state index in [1.54, 1.807) is 0 Å². The summed E-state index contributed by atoms with van der Waals surface area (Å²) < 4.78 is 24.6. The number of hydrogen-bond acceptors (Lipinski definition) is 2. The number of rotatable bonds is 4. The van der Waals surface area contributed by atoms with Crippen molar-refractivity contribution < 1.29 is 8.60 Å². The molecule has 0 aromatic heterocycles. The van der Waals surface area contributed by atoms with E-state index in [1.807, 2.05) is 6.92 Å². The lowest BCUT2D eigenvalue weighted by Crippen LogP contribution is -2.26. The zero-order valence-corrected chi connectivity index (χ0v) is 9.95. The lowest BCUT2D eigenvalue weighted by molar-refractivity contribution is 0.626. The highest BCUT2D eigenvalue weighted by atomic mass is 35.5. The molecule has 1 aromatic carbocycles. The quantitative estimate of drug-likeness (QED) is 0.890. The minimum Gasteiger partial charge on any atom is -0.327 e. The Bertz CT molecular complexity index is 372. The number of benzene rings is 1. The Kier molecular flexibility index (Phi) is 4.70. The Labute approximate surface area is 96.1 Å². The Hall–Kier alpha value is -0.450. The van der Waals surface area contributed by atoms with E-state index in [1.165, 1.54) is 18.2 Å². The van der Waals surface area contributed by atoms with Crippen LogP contribution in [0.3, 0.4) is 0 Å². The molecular formula is C10H13ClFNOS. The molecule has 0 spiro atoms. The molecule has 0 radical (unpaired) electrons. The highest BCUT2D eigenvalue weighted by molar-refractivity contribution is 7.85. The van der Waals surface area contributed by atoms with E-state index in [4.69, 9.17) is 17.3 Å². The van der Waals surface area contributed by atoms with E-state index in [0.717, 1.165) is 6.42 Å². The molecule has 1 aromatic rings. The van der Waals surface area contributed by atoms with Gasteiger partial charge in [-0.25, -0.2) is 4.39 Å². The molecule has 15 heavy (non-hydrogen) atoms. The van der Waals surface area contributed by atoms with Crippen LogP contribution in [0.15, 0.2) is 23.1 Å². The van der Waals surface area contributed by atoms with Crippen molar-refractivity contribution in [3.8, 4) is 0 Å². The van der Waals surface area contributed by atoms with Gasteiger partial charge in [0.1, 0.15) is 5.82 Å². The molecule has 0 aliphatic rings. The Morgan fingerprint density at radius 2 is 2.27 bits per heavy atom. The minimum atomic E-state index is -1.21.